The van der Waals surface area contributed by atoms with Crippen molar-refractivity contribution in [3.8, 4) is 0 Å². The van der Waals surface area contributed by atoms with Gasteiger partial charge in [-0.1, -0.05) is 6.42 Å². The molecule has 0 radical (unpaired) electrons. The number of hydrogen-bond acceptors (Lipinski definition) is 3. The molecule has 4 atom stereocenters. The highest BCUT2D eigenvalue weighted by Gasteiger charge is 2.41. The fourth-order valence-corrected chi connectivity index (χ4v) is 3.54. The van der Waals surface area contributed by atoms with Crippen LogP contribution in [0.1, 0.15) is 51.4 Å². The summed E-state index contributed by atoms with van der Waals surface area (Å²) in [5, 5.41) is 6.65. The van der Waals surface area contributed by atoms with Crippen molar-refractivity contribution >= 4 is 5.91 Å². The summed E-state index contributed by atoms with van der Waals surface area (Å²) in [4.78, 5) is 11.9. The zero-order valence-corrected chi connectivity index (χ0v) is 11.0. The van der Waals surface area contributed by atoms with Crippen molar-refractivity contribution < 1.29 is 9.53 Å². The van der Waals surface area contributed by atoms with Crippen molar-refractivity contribution in [2.24, 2.45) is 0 Å². The lowest BCUT2D eigenvalue weighted by atomic mass is 9.95. The van der Waals surface area contributed by atoms with Gasteiger partial charge in [-0.25, -0.2) is 0 Å². The van der Waals surface area contributed by atoms with Gasteiger partial charge >= 0.3 is 0 Å². The van der Waals surface area contributed by atoms with Gasteiger partial charge in [-0.3, -0.25) is 4.79 Å². The van der Waals surface area contributed by atoms with Crippen LogP contribution in [0.2, 0.25) is 0 Å². The summed E-state index contributed by atoms with van der Waals surface area (Å²) in [5.74, 6) is 0.212. The summed E-state index contributed by atoms with van der Waals surface area (Å²) >= 11 is 0. The molecule has 18 heavy (non-hydrogen) atoms. The molecule has 4 nitrogen and oxygen atoms in total. The minimum absolute atomic E-state index is 0.212. The Morgan fingerprint density at radius 2 is 2.22 bits per heavy atom. The molecule has 3 aliphatic rings. The average Bonchev–Trinajstić information content (AvgIpc) is 3.00. The van der Waals surface area contributed by atoms with E-state index in [2.05, 4.69) is 10.6 Å². The molecule has 0 saturated carbocycles. The van der Waals surface area contributed by atoms with Crippen LogP contribution in [-0.2, 0) is 9.53 Å². The number of piperidine rings is 1. The summed E-state index contributed by atoms with van der Waals surface area (Å²) in [6, 6.07) is 0.844. The van der Waals surface area contributed by atoms with Crippen LogP contribution in [-0.4, -0.2) is 36.7 Å². The zero-order chi connectivity index (χ0) is 12.4. The van der Waals surface area contributed by atoms with E-state index in [0.29, 0.717) is 24.7 Å². The van der Waals surface area contributed by atoms with E-state index >= 15 is 0 Å². The zero-order valence-electron chi connectivity index (χ0n) is 11.0. The molecule has 2 bridgehead atoms. The van der Waals surface area contributed by atoms with Gasteiger partial charge in [-0.05, 0) is 45.1 Å². The van der Waals surface area contributed by atoms with Gasteiger partial charge in [0.15, 0.2) is 0 Å². The first kappa shape index (κ1) is 12.4. The van der Waals surface area contributed by atoms with Gasteiger partial charge in [-0.15, -0.1) is 0 Å². The molecule has 3 heterocycles. The molecule has 0 aromatic rings. The maximum Gasteiger partial charge on any atom is 0.220 e. The van der Waals surface area contributed by atoms with E-state index in [1.54, 1.807) is 0 Å². The van der Waals surface area contributed by atoms with Crippen LogP contribution in [0.25, 0.3) is 0 Å². The van der Waals surface area contributed by atoms with Crippen molar-refractivity contribution in [2.45, 2.75) is 75.7 Å². The predicted molar refractivity (Wildman–Crippen MR) is 69.3 cm³/mol. The SMILES string of the molecule is O=C(CCC1CCCCN1)NC1CC2CCC1O2. The van der Waals surface area contributed by atoms with Crippen LogP contribution >= 0.6 is 0 Å². The van der Waals surface area contributed by atoms with Gasteiger partial charge in [-0.2, -0.15) is 0 Å². The van der Waals surface area contributed by atoms with E-state index in [0.717, 1.165) is 25.8 Å². The minimum atomic E-state index is 0.212. The summed E-state index contributed by atoms with van der Waals surface area (Å²) in [6.07, 6.45) is 9.50. The molecule has 0 aliphatic carbocycles. The number of carbonyl (C=O) groups excluding carboxylic acids is 1. The van der Waals surface area contributed by atoms with Gasteiger partial charge in [0, 0.05) is 12.5 Å². The number of amides is 1. The number of fused-ring (bicyclic) bond motifs is 2. The molecule has 0 aromatic carbocycles. The van der Waals surface area contributed by atoms with Crippen LogP contribution < -0.4 is 10.6 Å². The third kappa shape index (κ3) is 2.86. The monoisotopic (exact) mass is 252 g/mol. The molecular weight excluding hydrogens is 228 g/mol. The highest BCUT2D eigenvalue weighted by atomic mass is 16.5. The maximum atomic E-state index is 11.9. The fourth-order valence-electron chi connectivity index (χ4n) is 3.54. The summed E-state index contributed by atoms with van der Waals surface area (Å²) in [7, 11) is 0. The fraction of sp³-hybridized carbons (Fsp3) is 0.929. The van der Waals surface area contributed by atoms with Crippen LogP contribution in [0.5, 0.6) is 0 Å². The van der Waals surface area contributed by atoms with E-state index in [4.69, 9.17) is 4.74 Å². The van der Waals surface area contributed by atoms with Crippen LogP contribution in [0.3, 0.4) is 0 Å². The Morgan fingerprint density at radius 1 is 1.28 bits per heavy atom. The lowest BCUT2D eigenvalue weighted by Crippen LogP contribution is -2.42. The standard InChI is InChI=1S/C14H24N2O2/c17-14(7-4-10-3-1-2-8-15-10)16-12-9-11-5-6-13(12)18-11/h10-13,15H,1-9H2,(H,16,17). The number of nitrogens with one attached hydrogen (secondary N) is 2. The Labute approximate surface area is 109 Å². The third-order valence-corrected chi connectivity index (χ3v) is 4.58. The summed E-state index contributed by atoms with van der Waals surface area (Å²) in [5.41, 5.74) is 0. The molecule has 0 aromatic heterocycles. The molecule has 3 rings (SSSR count). The predicted octanol–water partition coefficient (Wildman–Crippen LogP) is 1.34. The van der Waals surface area contributed by atoms with Gasteiger partial charge in [0.25, 0.3) is 0 Å². The van der Waals surface area contributed by atoms with Gasteiger partial charge in [0.2, 0.25) is 5.91 Å². The van der Waals surface area contributed by atoms with Gasteiger partial charge in [0.05, 0.1) is 18.2 Å². The number of rotatable bonds is 4. The summed E-state index contributed by atoms with van der Waals surface area (Å²) < 4.78 is 5.75. The van der Waals surface area contributed by atoms with Gasteiger partial charge in [0.1, 0.15) is 0 Å². The second kappa shape index (κ2) is 5.57. The Morgan fingerprint density at radius 3 is 2.89 bits per heavy atom. The van der Waals surface area contributed by atoms with Crippen molar-refractivity contribution in [1.29, 1.82) is 0 Å². The Hall–Kier alpha value is -0.610. The third-order valence-electron chi connectivity index (χ3n) is 4.58. The van der Waals surface area contributed by atoms with Crippen molar-refractivity contribution in [3.63, 3.8) is 0 Å². The molecule has 3 fully saturated rings. The van der Waals surface area contributed by atoms with E-state index in [-0.39, 0.29) is 11.9 Å². The maximum absolute atomic E-state index is 11.9. The lowest BCUT2D eigenvalue weighted by molar-refractivity contribution is -0.122. The van der Waals surface area contributed by atoms with Crippen molar-refractivity contribution in [2.75, 3.05) is 6.54 Å². The highest BCUT2D eigenvalue weighted by Crippen LogP contribution is 2.34. The molecule has 3 aliphatic heterocycles. The first-order valence-electron chi connectivity index (χ1n) is 7.49. The van der Waals surface area contributed by atoms with E-state index in [1.165, 1.54) is 25.7 Å². The molecule has 2 N–H and O–H groups in total. The first-order valence-corrected chi connectivity index (χ1v) is 7.49. The topological polar surface area (TPSA) is 50.4 Å². The molecule has 4 unspecified atom stereocenters. The second-order valence-electron chi connectivity index (χ2n) is 5.97. The van der Waals surface area contributed by atoms with Crippen molar-refractivity contribution in [3.05, 3.63) is 0 Å². The number of hydrogen-bond donors (Lipinski definition) is 2. The van der Waals surface area contributed by atoms with Crippen molar-refractivity contribution in [1.82, 2.24) is 10.6 Å². The quantitative estimate of drug-likeness (QED) is 0.794. The smallest absolute Gasteiger partial charge is 0.220 e. The minimum Gasteiger partial charge on any atom is -0.373 e. The first-order chi connectivity index (χ1) is 8.81. The number of carbonyl (C=O) groups is 1. The van der Waals surface area contributed by atoms with E-state index < -0.39 is 0 Å². The molecule has 1 amide bonds. The highest BCUT2D eigenvalue weighted by molar-refractivity contribution is 5.76. The Bertz CT molecular complexity index is 302. The van der Waals surface area contributed by atoms with E-state index in [1.807, 2.05) is 0 Å². The summed E-state index contributed by atoms with van der Waals surface area (Å²) in [6.45, 7) is 1.12. The molecular formula is C14H24N2O2. The van der Waals surface area contributed by atoms with Gasteiger partial charge < -0.3 is 15.4 Å². The normalized spacial score (nSPS) is 38.9. The molecule has 0 spiro atoms. The molecule has 4 heteroatoms. The van der Waals surface area contributed by atoms with Crippen LogP contribution in [0.15, 0.2) is 0 Å². The number of ether oxygens (including phenoxy) is 1. The largest absolute Gasteiger partial charge is 0.373 e. The second-order valence-corrected chi connectivity index (χ2v) is 5.97. The van der Waals surface area contributed by atoms with E-state index in [9.17, 15) is 4.79 Å². The van der Waals surface area contributed by atoms with Crippen LogP contribution in [0.4, 0.5) is 0 Å². The average molecular weight is 252 g/mol. The Kier molecular flexibility index (Phi) is 3.85. The lowest BCUT2D eigenvalue weighted by Gasteiger charge is -2.24. The molecule has 3 saturated heterocycles. The van der Waals surface area contributed by atoms with Crippen LogP contribution in [0, 0.1) is 0 Å². The Balaban J connectivity index is 1.36. The molecule has 102 valence electrons.